The van der Waals surface area contributed by atoms with E-state index < -0.39 is 28.5 Å². The fourth-order valence-corrected chi connectivity index (χ4v) is 3.63. The zero-order valence-corrected chi connectivity index (χ0v) is 17.8. The number of sulfonamides is 1. The number of furan rings is 1. The second-order valence-corrected chi connectivity index (χ2v) is 8.45. The van der Waals surface area contributed by atoms with Crippen LogP contribution in [0.2, 0.25) is 0 Å². The van der Waals surface area contributed by atoms with Gasteiger partial charge in [0.05, 0.1) is 23.3 Å². The topological polar surface area (TPSA) is 132 Å². The minimum Gasteiger partial charge on any atom is -0.468 e. The predicted molar refractivity (Wildman–Crippen MR) is 115 cm³/mol. The number of ether oxygens (including phenoxy) is 1. The van der Waals surface area contributed by atoms with Crippen LogP contribution >= 0.6 is 0 Å². The van der Waals surface area contributed by atoms with E-state index in [1.807, 2.05) is 0 Å². The Hall–Kier alpha value is -3.76. The number of esters is 1. The van der Waals surface area contributed by atoms with Crippen LogP contribution in [0, 0.1) is 0 Å². The highest BCUT2D eigenvalue weighted by molar-refractivity contribution is 7.89. The molecule has 3 aromatic rings. The Bertz CT molecular complexity index is 1200. The monoisotopic (exact) mass is 456 g/mol. The molecule has 0 radical (unpaired) electrons. The molecule has 0 saturated carbocycles. The number of amides is 1. The molecular weight excluding hydrogens is 436 g/mol. The lowest BCUT2D eigenvalue weighted by atomic mass is 10.1. The first kappa shape index (κ1) is 22.9. The van der Waals surface area contributed by atoms with E-state index in [1.54, 1.807) is 36.4 Å². The second-order valence-electron chi connectivity index (χ2n) is 6.69. The van der Waals surface area contributed by atoms with Crippen molar-refractivity contribution < 1.29 is 32.0 Å². The Kier molecular flexibility index (Phi) is 7.18. The fraction of sp³-hybridized carbons (Fsp3) is 0.136. The van der Waals surface area contributed by atoms with Gasteiger partial charge >= 0.3 is 5.97 Å². The van der Waals surface area contributed by atoms with E-state index in [2.05, 4.69) is 10.0 Å². The van der Waals surface area contributed by atoms with Crippen LogP contribution in [-0.4, -0.2) is 32.7 Å². The van der Waals surface area contributed by atoms with Crippen LogP contribution in [0.15, 0.2) is 76.2 Å². The standard InChI is InChI=1S/C22H20N2O7S/c1-15(25)16-4-8-18(9-5-16)24-21(26)14-31-22(27)17-6-10-20(11-7-17)32(28,29)23-13-19-3-2-12-30-19/h2-12,23H,13-14H2,1H3,(H,24,26). The molecule has 1 amide bonds. The smallest absolute Gasteiger partial charge is 0.338 e. The summed E-state index contributed by atoms with van der Waals surface area (Å²) in [5.74, 6) is -0.972. The predicted octanol–water partition coefficient (Wildman–Crippen LogP) is 2.76. The van der Waals surface area contributed by atoms with Gasteiger partial charge in [-0.1, -0.05) is 0 Å². The molecule has 2 N–H and O–H groups in total. The van der Waals surface area contributed by atoms with E-state index in [-0.39, 0.29) is 22.8 Å². The largest absolute Gasteiger partial charge is 0.468 e. The Morgan fingerprint density at radius 2 is 1.59 bits per heavy atom. The molecule has 0 aliphatic rings. The summed E-state index contributed by atoms with van der Waals surface area (Å²) in [5.41, 5.74) is 1.05. The zero-order chi connectivity index (χ0) is 23.1. The van der Waals surface area contributed by atoms with Crippen LogP contribution in [0.1, 0.15) is 33.4 Å². The SMILES string of the molecule is CC(=O)c1ccc(NC(=O)COC(=O)c2ccc(S(=O)(=O)NCc3ccco3)cc2)cc1. The van der Waals surface area contributed by atoms with E-state index in [9.17, 15) is 22.8 Å². The average molecular weight is 456 g/mol. The fourth-order valence-electron chi connectivity index (χ4n) is 2.63. The molecule has 0 aliphatic carbocycles. The lowest BCUT2D eigenvalue weighted by Gasteiger charge is -2.08. The number of ketones is 1. The summed E-state index contributed by atoms with van der Waals surface area (Å²) in [4.78, 5) is 35.3. The van der Waals surface area contributed by atoms with Gasteiger partial charge in [-0.2, -0.15) is 0 Å². The van der Waals surface area contributed by atoms with Gasteiger partial charge in [-0.15, -0.1) is 0 Å². The van der Waals surface area contributed by atoms with Gasteiger partial charge < -0.3 is 14.5 Å². The number of Topliss-reactive ketones (excluding diaryl/α,β-unsaturated/α-hetero) is 1. The third-order valence-electron chi connectivity index (χ3n) is 4.33. The number of hydrogen-bond acceptors (Lipinski definition) is 7. The van der Waals surface area contributed by atoms with Gasteiger partial charge in [-0.25, -0.2) is 17.9 Å². The first-order valence-corrected chi connectivity index (χ1v) is 10.9. The first-order chi connectivity index (χ1) is 15.2. The Labute approximate surface area is 184 Å². The summed E-state index contributed by atoms with van der Waals surface area (Å²) < 4.78 is 37.1. The van der Waals surface area contributed by atoms with E-state index in [0.717, 1.165) is 0 Å². The summed E-state index contributed by atoms with van der Waals surface area (Å²) in [7, 11) is -3.79. The number of hydrogen-bond donors (Lipinski definition) is 2. The third-order valence-corrected chi connectivity index (χ3v) is 5.74. The highest BCUT2D eigenvalue weighted by atomic mass is 32.2. The van der Waals surface area contributed by atoms with Gasteiger partial charge in [0.2, 0.25) is 10.0 Å². The number of nitrogens with one attached hydrogen (secondary N) is 2. The first-order valence-electron chi connectivity index (χ1n) is 9.45. The van der Waals surface area contributed by atoms with Gasteiger partial charge in [0.15, 0.2) is 12.4 Å². The average Bonchev–Trinajstić information content (AvgIpc) is 3.30. The molecule has 0 atom stereocenters. The molecule has 2 aromatic carbocycles. The van der Waals surface area contributed by atoms with E-state index >= 15 is 0 Å². The molecule has 0 unspecified atom stereocenters. The highest BCUT2D eigenvalue weighted by Crippen LogP contribution is 2.13. The third kappa shape index (κ3) is 6.13. The minimum atomic E-state index is -3.79. The van der Waals surface area contributed by atoms with Crippen LogP contribution in [0.5, 0.6) is 0 Å². The van der Waals surface area contributed by atoms with Crippen molar-refractivity contribution in [2.75, 3.05) is 11.9 Å². The Morgan fingerprint density at radius 1 is 0.938 bits per heavy atom. The number of carbonyl (C=O) groups is 3. The van der Waals surface area contributed by atoms with Crippen LogP contribution in [-0.2, 0) is 26.1 Å². The Balaban J connectivity index is 1.51. The summed E-state index contributed by atoms with van der Waals surface area (Å²) in [6.07, 6.45) is 1.44. The van der Waals surface area contributed by atoms with Crippen molar-refractivity contribution in [2.45, 2.75) is 18.4 Å². The van der Waals surface area contributed by atoms with Crippen molar-refractivity contribution >= 4 is 33.4 Å². The van der Waals surface area contributed by atoms with Crippen LogP contribution < -0.4 is 10.0 Å². The highest BCUT2D eigenvalue weighted by Gasteiger charge is 2.16. The molecule has 9 nitrogen and oxygen atoms in total. The second kappa shape index (κ2) is 10.0. The molecule has 0 aliphatic heterocycles. The zero-order valence-electron chi connectivity index (χ0n) is 17.0. The molecule has 1 aromatic heterocycles. The van der Waals surface area contributed by atoms with Gasteiger partial charge in [-0.3, -0.25) is 9.59 Å². The maximum absolute atomic E-state index is 12.3. The lowest BCUT2D eigenvalue weighted by molar-refractivity contribution is -0.119. The number of carbonyl (C=O) groups excluding carboxylic acids is 3. The van der Waals surface area contributed by atoms with E-state index in [0.29, 0.717) is 17.0 Å². The quantitative estimate of drug-likeness (QED) is 0.374. The maximum Gasteiger partial charge on any atom is 0.338 e. The van der Waals surface area contributed by atoms with Crippen molar-refractivity contribution in [3.8, 4) is 0 Å². The summed E-state index contributed by atoms with van der Waals surface area (Å²) >= 11 is 0. The van der Waals surface area contributed by atoms with Gasteiger partial charge in [-0.05, 0) is 67.6 Å². The van der Waals surface area contributed by atoms with E-state index in [4.69, 9.17) is 9.15 Å². The molecule has 0 spiro atoms. The molecule has 32 heavy (non-hydrogen) atoms. The molecular formula is C22H20N2O7S. The molecule has 0 fully saturated rings. The summed E-state index contributed by atoms with van der Waals surface area (Å²) in [6, 6.07) is 14.7. The number of benzene rings is 2. The summed E-state index contributed by atoms with van der Waals surface area (Å²) in [6.45, 7) is 0.899. The van der Waals surface area contributed by atoms with Crippen molar-refractivity contribution in [1.82, 2.24) is 4.72 Å². The van der Waals surface area contributed by atoms with Crippen LogP contribution in [0.3, 0.4) is 0 Å². The normalized spacial score (nSPS) is 11.0. The van der Waals surface area contributed by atoms with Crippen molar-refractivity contribution in [3.05, 3.63) is 83.8 Å². The number of rotatable bonds is 9. The minimum absolute atomic E-state index is 0.00822. The van der Waals surface area contributed by atoms with Crippen molar-refractivity contribution in [1.29, 1.82) is 0 Å². The van der Waals surface area contributed by atoms with Crippen LogP contribution in [0.4, 0.5) is 5.69 Å². The van der Waals surface area contributed by atoms with Gasteiger partial charge in [0.25, 0.3) is 5.91 Å². The molecule has 10 heteroatoms. The van der Waals surface area contributed by atoms with Crippen LogP contribution in [0.25, 0.3) is 0 Å². The molecule has 0 saturated heterocycles. The van der Waals surface area contributed by atoms with E-state index in [1.165, 1.54) is 37.5 Å². The van der Waals surface area contributed by atoms with Crippen molar-refractivity contribution in [3.63, 3.8) is 0 Å². The molecule has 3 rings (SSSR count). The number of anilines is 1. The molecule has 166 valence electrons. The molecule has 0 bridgehead atoms. The maximum atomic E-state index is 12.3. The van der Waals surface area contributed by atoms with Crippen molar-refractivity contribution in [2.24, 2.45) is 0 Å². The summed E-state index contributed by atoms with van der Waals surface area (Å²) in [5, 5.41) is 2.55. The Morgan fingerprint density at radius 3 is 2.19 bits per heavy atom. The van der Waals surface area contributed by atoms with Gasteiger partial charge in [0.1, 0.15) is 5.76 Å². The van der Waals surface area contributed by atoms with Gasteiger partial charge in [0, 0.05) is 11.3 Å². The lowest BCUT2D eigenvalue weighted by Crippen LogP contribution is -2.23. The molecule has 1 heterocycles.